The summed E-state index contributed by atoms with van der Waals surface area (Å²) in [5.41, 5.74) is 10.5. The van der Waals surface area contributed by atoms with Crippen LogP contribution in [0, 0.1) is 0 Å². The molecule has 0 unspecified atom stereocenters. The first-order valence-electron chi connectivity index (χ1n) is 5.81. The minimum Gasteiger partial charge on any atom is -0.399 e. The van der Waals surface area contributed by atoms with Gasteiger partial charge in [-0.25, -0.2) is 0 Å². The molecular weight excluding hydrogens is 210 g/mol. The summed E-state index contributed by atoms with van der Waals surface area (Å²) in [6.07, 6.45) is 1.84. The van der Waals surface area contributed by atoms with E-state index in [0.717, 1.165) is 31.0 Å². The average molecular weight is 225 g/mol. The Morgan fingerprint density at radius 3 is 2.82 bits per heavy atom. The van der Waals surface area contributed by atoms with Crippen molar-refractivity contribution in [3.63, 3.8) is 0 Å². The fourth-order valence-electron chi connectivity index (χ4n) is 2.32. The number of hydrogen-bond acceptors (Lipinski definition) is 3. The van der Waals surface area contributed by atoms with Crippen LogP contribution in [0.25, 0.3) is 0 Å². The van der Waals surface area contributed by atoms with E-state index in [2.05, 4.69) is 28.1 Å². The van der Waals surface area contributed by atoms with Crippen LogP contribution in [0.1, 0.15) is 16.8 Å². The van der Waals surface area contributed by atoms with Crippen molar-refractivity contribution in [3.8, 4) is 0 Å². The zero-order valence-electron chi connectivity index (χ0n) is 9.63. The lowest BCUT2D eigenvalue weighted by molar-refractivity contribution is 0.272. The maximum Gasteiger partial charge on any atom is 0.0544 e. The highest BCUT2D eigenvalue weighted by Gasteiger charge is 2.18. The predicted molar refractivity (Wildman–Crippen MR) is 68.0 cm³/mol. The average Bonchev–Trinajstić information content (AvgIpc) is 2.71. The van der Waals surface area contributed by atoms with Crippen LogP contribution in [-0.4, -0.2) is 9.88 Å². The lowest BCUT2D eigenvalue weighted by atomic mass is 10.1. The van der Waals surface area contributed by atoms with Crippen LogP contribution in [0.2, 0.25) is 0 Å². The second-order valence-corrected chi connectivity index (χ2v) is 4.49. The molecule has 2 heterocycles. The zero-order valence-corrected chi connectivity index (χ0v) is 9.63. The van der Waals surface area contributed by atoms with Gasteiger partial charge in [-0.15, -0.1) is 0 Å². The second kappa shape index (κ2) is 4.18. The first-order chi connectivity index (χ1) is 8.31. The van der Waals surface area contributed by atoms with Crippen LogP contribution in [0.15, 0.2) is 42.6 Å². The molecule has 3 nitrogen and oxygen atoms in total. The van der Waals surface area contributed by atoms with Gasteiger partial charge in [-0.1, -0.05) is 12.1 Å². The summed E-state index contributed by atoms with van der Waals surface area (Å²) in [6, 6.07) is 12.2. The number of aromatic nitrogens is 1. The van der Waals surface area contributed by atoms with E-state index in [0.29, 0.717) is 0 Å². The number of pyridine rings is 1. The first-order valence-corrected chi connectivity index (χ1v) is 5.81. The third-order valence-electron chi connectivity index (χ3n) is 3.13. The van der Waals surface area contributed by atoms with E-state index in [1.54, 1.807) is 0 Å². The molecule has 0 bridgehead atoms. The predicted octanol–water partition coefficient (Wildman–Crippen LogP) is 2.18. The SMILES string of the molecule is Nc1ccc2c(c1)CN(Cc1ccccn1)C2. The number of fused-ring (bicyclic) bond motifs is 1. The van der Waals surface area contributed by atoms with Crippen molar-refractivity contribution < 1.29 is 0 Å². The molecule has 0 saturated heterocycles. The smallest absolute Gasteiger partial charge is 0.0544 e. The molecule has 0 aliphatic carbocycles. The summed E-state index contributed by atoms with van der Waals surface area (Å²) >= 11 is 0. The van der Waals surface area contributed by atoms with Crippen molar-refractivity contribution in [2.75, 3.05) is 5.73 Å². The number of rotatable bonds is 2. The third kappa shape index (κ3) is 2.15. The van der Waals surface area contributed by atoms with Crippen LogP contribution in [0.5, 0.6) is 0 Å². The molecule has 0 fully saturated rings. The summed E-state index contributed by atoms with van der Waals surface area (Å²) < 4.78 is 0. The lowest BCUT2D eigenvalue weighted by Crippen LogP contribution is -2.16. The molecule has 1 aromatic carbocycles. The van der Waals surface area contributed by atoms with Crippen LogP contribution in [0.3, 0.4) is 0 Å². The van der Waals surface area contributed by atoms with Gasteiger partial charge in [-0.3, -0.25) is 9.88 Å². The maximum atomic E-state index is 5.80. The van der Waals surface area contributed by atoms with E-state index >= 15 is 0 Å². The van der Waals surface area contributed by atoms with E-state index in [-0.39, 0.29) is 0 Å². The van der Waals surface area contributed by atoms with Gasteiger partial charge in [0.2, 0.25) is 0 Å². The molecule has 17 heavy (non-hydrogen) atoms. The van der Waals surface area contributed by atoms with Gasteiger partial charge in [0.15, 0.2) is 0 Å². The number of nitrogens with two attached hydrogens (primary N) is 1. The fraction of sp³-hybridized carbons (Fsp3) is 0.214. The van der Waals surface area contributed by atoms with E-state index in [1.165, 1.54) is 11.1 Å². The Kier molecular flexibility index (Phi) is 2.53. The van der Waals surface area contributed by atoms with E-state index in [1.807, 2.05) is 24.4 Å². The van der Waals surface area contributed by atoms with Crippen molar-refractivity contribution in [1.29, 1.82) is 0 Å². The van der Waals surface area contributed by atoms with Gasteiger partial charge >= 0.3 is 0 Å². The summed E-state index contributed by atoms with van der Waals surface area (Å²) in [4.78, 5) is 6.74. The Morgan fingerprint density at radius 2 is 2.00 bits per heavy atom. The molecule has 1 aliphatic rings. The molecule has 0 radical (unpaired) electrons. The normalized spacial score (nSPS) is 14.8. The van der Waals surface area contributed by atoms with Gasteiger partial charge in [0, 0.05) is 31.5 Å². The highest BCUT2D eigenvalue weighted by Crippen LogP contribution is 2.25. The highest BCUT2D eigenvalue weighted by molar-refractivity contribution is 5.46. The standard InChI is InChI=1S/C14H15N3/c15-13-5-4-11-8-17(9-12(11)7-13)10-14-3-1-2-6-16-14/h1-7H,8-10,15H2. The van der Waals surface area contributed by atoms with Gasteiger partial charge in [-0.2, -0.15) is 0 Å². The van der Waals surface area contributed by atoms with E-state index < -0.39 is 0 Å². The largest absolute Gasteiger partial charge is 0.399 e. The van der Waals surface area contributed by atoms with E-state index in [9.17, 15) is 0 Å². The maximum absolute atomic E-state index is 5.80. The number of benzene rings is 1. The molecule has 0 saturated carbocycles. The monoisotopic (exact) mass is 225 g/mol. The van der Waals surface area contributed by atoms with Crippen LogP contribution >= 0.6 is 0 Å². The molecule has 1 aromatic heterocycles. The molecule has 3 rings (SSSR count). The van der Waals surface area contributed by atoms with Crippen LogP contribution in [0.4, 0.5) is 5.69 Å². The Morgan fingerprint density at radius 1 is 1.12 bits per heavy atom. The molecule has 0 spiro atoms. The van der Waals surface area contributed by atoms with Crippen molar-refractivity contribution >= 4 is 5.69 Å². The molecule has 2 aromatic rings. The molecule has 1 aliphatic heterocycles. The van der Waals surface area contributed by atoms with Gasteiger partial charge in [0.05, 0.1) is 5.69 Å². The topological polar surface area (TPSA) is 42.1 Å². The second-order valence-electron chi connectivity index (χ2n) is 4.49. The molecule has 0 atom stereocenters. The Balaban J connectivity index is 1.74. The Labute approximate surface area is 101 Å². The van der Waals surface area contributed by atoms with Crippen LogP contribution < -0.4 is 5.73 Å². The highest BCUT2D eigenvalue weighted by atomic mass is 15.1. The van der Waals surface area contributed by atoms with Crippen molar-refractivity contribution in [2.24, 2.45) is 0 Å². The quantitative estimate of drug-likeness (QED) is 0.796. The number of nitrogens with zero attached hydrogens (tertiary/aromatic N) is 2. The summed E-state index contributed by atoms with van der Waals surface area (Å²) in [6.45, 7) is 2.86. The fourth-order valence-corrected chi connectivity index (χ4v) is 2.32. The Hall–Kier alpha value is -1.87. The van der Waals surface area contributed by atoms with E-state index in [4.69, 9.17) is 5.73 Å². The van der Waals surface area contributed by atoms with Crippen LogP contribution in [-0.2, 0) is 19.6 Å². The van der Waals surface area contributed by atoms with Gasteiger partial charge in [-0.05, 0) is 35.4 Å². The lowest BCUT2D eigenvalue weighted by Gasteiger charge is -2.13. The summed E-state index contributed by atoms with van der Waals surface area (Å²) in [5, 5.41) is 0. The van der Waals surface area contributed by atoms with Gasteiger partial charge < -0.3 is 5.73 Å². The van der Waals surface area contributed by atoms with Gasteiger partial charge in [0.1, 0.15) is 0 Å². The molecule has 0 amide bonds. The molecule has 3 heteroatoms. The third-order valence-corrected chi connectivity index (χ3v) is 3.13. The minimum atomic E-state index is 0.850. The number of anilines is 1. The first kappa shape index (κ1) is 10.3. The number of nitrogen functional groups attached to an aromatic ring is 1. The Bertz CT molecular complexity index is 522. The summed E-state index contributed by atoms with van der Waals surface area (Å²) in [5.74, 6) is 0. The number of hydrogen-bond donors (Lipinski definition) is 1. The molecule has 2 N–H and O–H groups in total. The summed E-state index contributed by atoms with van der Waals surface area (Å²) in [7, 11) is 0. The van der Waals surface area contributed by atoms with Gasteiger partial charge in [0.25, 0.3) is 0 Å². The van der Waals surface area contributed by atoms with Crippen molar-refractivity contribution in [1.82, 2.24) is 9.88 Å². The molecular formula is C14H15N3. The van der Waals surface area contributed by atoms with Crippen molar-refractivity contribution in [3.05, 3.63) is 59.4 Å². The molecule has 86 valence electrons. The van der Waals surface area contributed by atoms with Crippen molar-refractivity contribution in [2.45, 2.75) is 19.6 Å². The zero-order chi connectivity index (χ0) is 11.7. The minimum absolute atomic E-state index is 0.850.